The highest BCUT2D eigenvalue weighted by Gasteiger charge is 2.01. The molecule has 0 fully saturated rings. The number of nitrogens with two attached hydrogens (primary N) is 1. The molecule has 11 heavy (non-hydrogen) atoms. The Morgan fingerprint density at radius 1 is 1.73 bits per heavy atom. The third-order valence-electron chi connectivity index (χ3n) is 1.39. The lowest BCUT2D eigenvalue weighted by molar-refractivity contribution is 0.745. The van der Waals surface area contributed by atoms with Crippen molar-refractivity contribution in [3.8, 4) is 0 Å². The lowest BCUT2D eigenvalue weighted by Gasteiger charge is -2.04. The van der Waals surface area contributed by atoms with E-state index in [-0.39, 0.29) is 18.4 Å². The highest BCUT2D eigenvalue weighted by atomic mass is 35.5. The maximum absolute atomic E-state index is 5.79. The second-order valence-electron chi connectivity index (χ2n) is 2.19. The van der Waals surface area contributed by atoms with Gasteiger partial charge >= 0.3 is 0 Å². The van der Waals surface area contributed by atoms with Crippen molar-refractivity contribution in [1.29, 1.82) is 0 Å². The van der Waals surface area contributed by atoms with Crippen molar-refractivity contribution >= 4 is 23.7 Å². The van der Waals surface area contributed by atoms with Crippen LogP contribution >= 0.6 is 23.7 Å². The lowest BCUT2D eigenvalue weighted by Crippen LogP contribution is -2.07. The summed E-state index contributed by atoms with van der Waals surface area (Å²) in [4.78, 5) is 0. The topological polar surface area (TPSA) is 26.0 Å². The van der Waals surface area contributed by atoms with Crippen LogP contribution in [-0.2, 0) is 0 Å². The van der Waals surface area contributed by atoms with Crippen LogP contribution in [0.2, 0.25) is 0 Å². The van der Waals surface area contributed by atoms with Gasteiger partial charge in [-0.2, -0.15) is 11.3 Å². The number of rotatable bonds is 3. The molecule has 0 amide bonds. The minimum absolute atomic E-state index is 0. The van der Waals surface area contributed by atoms with Crippen LogP contribution < -0.4 is 5.73 Å². The molecule has 0 aliphatic rings. The SMILES string of the molecule is C=CCC(N)c1ccsc1.Cl. The van der Waals surface area contributed by atoms with Gasteiger partial charge < -0.3 is 5.73 Å². The highest BCUT2D eigenvalue weighted by Crippen LogP contribution is 2.16. The highest BCUT2D eigenvalue weighted by molar-refractivity contribution is 7.07. The molecule has 1 heterocycles. The summed E-state index contributed by atoms with van der Waals surface area (Å²) in [6.45, 7) is 3.63. The molecule has 1 unspecified atom stereocenters. The monoisotopic (exact) mass is 189 g/mol. The first kappa shape index (κ1) is 10.7. The molecular weight excluding hydrogens is 178 g/mol. The van der Waals surface area contributed by atoms with Crippen molar-refractivity contribution < 1.29 is 0 Å². The van der Waals surface area contributed by atoms with Gasteiger partial charge in [-0.1, -0.05) is 6.08 Å². The molecule has 1 rings (SSSR count). The smallest absolute Gasteiger partial charge is 0.0337 e. The number of hydrogen-bond acceptors (Lipinski definition) is 2. The second kappa shape index (κ2) is 5.35. The number of halogens is 1. The summed E-state index contributed by atoms with van der Waals surface area (Å²) in [5, 5.41) is 4.12. The van der Waals surface area contributed by atoms with Gasteiger partial charge in [-0.25, -0.2) is 0 Å². The van der Waals surface area contributed by atoms with Crippen molar-refractivity contribution in [3.63, 3.8) is 0 Å². The average Bonchev–Trinajstić information content (AvgIpc) is 2.38. The normalized spacial score (nSPS) is 11.7. The minimum Gasteiger partial charge on any atom is -0.324 e. The standard InChI is InChI=1S/C8H11NS.ClH/c1-2-3-8(9)7-4-5-10-6-7;/h2,4-6,8H,1,3,9H2;1H. The fraction of sp³-hybridized carbons (Fsp3) is 0.250. The van der Waals surface area contributed by atoms with Crippen LogP contribution in [0.1, 0.15) is 18.0 Å². The molecule has 0 aliphatic heterocycles. The molecule has 0 saturated heterocycles. The van der Waals surface area contributed by atoms with Gasteiger partial charge in [0.1, 0.15) is 0 Å². The Labute approximate surface area is 77.3 Å². The molecule has 2 N–H and O–H groups in total. The van der Waals surface area contributed by atoms with Crippen LogP contribution in [0.25, 0.3) is 0 Å². The zero-order valence-electron chi connectivity index (χ0n) is 6.19. The molecule has 62 valence electrons. The van der Waals surface area contributed by atoms with Crippen molar-refractivity contribution in [2.45, 2.75) is 12.5 Å². The van der Waals surface area contributed by atoms with Gasteiger partial charge in [0.25, 0.3) is 0 Å². The quantitative estimate of drug-likeness (QED) is 0.728. The molecule has 1 atom stereocenters. The zero-order valence-corrected chi connectivity index (χ0v) is 7.83. The average molecular weight is 190 g/mol. The molecule has 0 bridgehead atoms. The van der Waals surface area contributed by atoms with Crippen LogP contribution in [0.4, 0.5) is 0 Å². The first-order valence-corrected chi connectivity index (χ1v) is 4.17. The first-order chi connectivity index (χ1) is 4.84. The number of thiophene rings is 1. The van der Waals surface area contributed by atoms with E-state index in [0.29, 0.717) is 0 Å². The summed E-state index contributed by atoms with van der Waals surface area (Å²) in [6, 6.07) is 2.20. The Balaban J connectivity index is 0.000001000. The Bertz CT molecular complexity index is 196. The van der Waals surface area contributed by atoms with Crippen molar-refractivity contribution in [2.75, 3.05) is 0 Å². The number of hydrogen-bond donors (Lipinski definition) is 1. The van der Waals surface area contributed by atoms with Crippen LogP contribution in [0.3, 0.4) is 0 Å². The molecule has 0 saturated carbocycles. The molecule has 0 aliphatic carbocycles. The predicted molar refractivity (Wildman–Crippen MR) is 53.3 cm³/mol. The first-order valence-electron chi connectivity index (χ1n) is 3.23. The third-order valence-corrected chi connectivity index (χ3v) is 2.09. The van der Waals surface area contributed by atoms with E-state index in [1.807, 2.05) is 11.5 Å². The van der Waals surface area contributed by atoms with Gasteiger partial charge in [0.2, 0.25) is 0 Å². The van der Waals surface area contributed by atoms with E-state index in [1.54, 1.807) is 11.3 Å². The van der Waals surface area contributed by atoms with Crippen LogP contribution in [0, 0.1) is 0 Å². The summed E-state index contributed by atoms with van der Waals surface area (Å²) in [5.74, 6) is 0. The Hall–Kier alpha value is -0.310. The molecular formula is C8H12ClNS. The van der Waals surface area contributed by atoms with Gasteiger partial charge in [0, 0.05) is 6.04 Å². The van der Waals surface area contributed by atoms with Gasteiger partial charge in [-0.05, 0) is 28.8 Å². The van der Waals surface area contributed by atoms with Gasteiger partial charge in [0.15, 0.2) is 0 Å². The maximum atomic E-state index is 5.79. The zero-order chi connectivity index (χ0) is 7.40. The molecule has 3 heteroatoms. The summed E-state index contributed by atoms with van der Waals surface area (Å²) in [5.41, 5.74) is 7.00. The Morgan fingerprint density at radius 2 is 2.45 bits per heavy atom. The summed E-state index contributed by atoms with van der Waals surface area (Å²) in [7, 11) is 0. The summed E-state index contributed by atoms with van der Waals surface area (Å²) in [6.07, 6.45) is 2.71. The largest absolute Gasteiger partial charge is 0.324 e. The molecule has 0 spiro atoms. The molecule has 1 aromatic rings. The van der Waals surface area contributed by atoms with E-state index in [9.17, 15) is 0 Å². The van der Waals surface area contributed by atoms with Gasteiger partial charge in [-0.15, -0.1) is 19.0 Å². The van der Waals surface area contributed by atoms with E-state index in [0.717, 1.165) is 6.42 Å². The van der Waals surface area contributed by atoms with E-state index in [2.05, 4.69) is 18.0 Å². The van der Waals surface area contributed by atoms with Crippen LogP contribution in [0.15, 0.2) is 29.5 Å². The van der Waals surface area contributed by atoms with Gasteiger partial charge in [0.05, 0.1) is 0 Å². The molecule has 1 aromatic heterocycles. The van der Waals surface area contributed by atoms with Gasteiger partial charge in [-0.3, -0.25) is 0 Å². The summed E-state index contributed by atoms with van der Waals surface area (Å²) < 4.78 is 0. The summed E-state index contributed by atoms with van der Waals surface area (Å²) >= 11 is 1.68. The lowest BCUT2D eigenvalue weighted by atomic mass is 10.1. The minimum atomic E-state index is 0. The maximum Gasteiger partial charge on any atom is 0.0337 e. The Morgan fingerprint density at radius 3 is 2.91 bits per heavy atom. The predicted octanol–water partition coefficient (Wildman–Crippen LogP) is 2.75. The third kappa shape index (κ3) is 3.06. The van der Waals surface area contributed by atoms with E-state index in [4.69, 9.17) is 5.73 Å². The van der Waals surface area contributed by atoms with E-state index >= 15 is 0 Å². The van der Waals surface area contributed by atoms with Crippen LogP contribution in [-0.4, -0.2) is 0 Å². The van der Waals surface area contributed by atoms with Crippen molar-refractivity contribution in [2.24, 2.45) is 5.73 Å². The molecule has 1 nitrogen and oxygen atoms in total. The van der Waals surface area contributed by atoms with E-state index in [1.165, 1.54) is 5.56 Å². The van der Waals surface area contributed by atoms with E-state index < -0.39 is 0 Å². The fourth-order valence-electron chi connectivity index (χ4n) is 0.802. The van der Waals surface area contributed by atoms with Crippen molar-refractivity contribution in [3.05, 3.63) is 35.0 Å². The van der Waals surface area contributed by atoms with Crippen molar-refractivity contribution in [1.82, 2.24) is 0 Å². The molecule has 0 radical (unpaired) electrons. The second-order valence-corrected chi connectivity index (χ2v) is 2.97. The fourth-order valence-corrected chi connectivity index (χ4v) is 1.53. The Kier molecular flexibility index (Phi) is 5.20. The van der Waals surface area contributed by atoms with Crippen LogP contribution in [0.5, 0.6) is 0 Å². The molecule has 0 aromatic carbocycles.